The monoisotopic (exact) mass is 348 g/mol. The summed E-state index contributed by atoms with van der Waals surface area (Å²) in [5, 5.41) is 5.88. The highest BCUT2D eigenvalue weighted by atomic mass is 35.5. The lowest BCUT2D eigenvalue weighted by Crippen LogP contribution is -2.32. The van der Waals surface area contributed by atoms with Gasteiger partial charge in [-0.3, -0.25) is 0 Å². The molecule has 2 N–H and O–H groups in total. The number of carbonyl (C=O) groups excluding carboxylic acids is 1. The SMILES string of the molecule is COc1ccc(NC(=O)NCCOc2cc(C)ccc2C)cc1Cl. The van der Waals surface area contributed by atoms with Crippen molar-refractivity contribution in [3.63, 3.8) is 0 Å². The Balaban J connectivity index is 1.77. The minimum absolute atomic E-state index is 0.319. The van der Waals surface area contributed by atoms with Gasteiger partial charge in [0.1, 0.15) is 18.1 Å². The minimum Gasteiger partial charge on any atom is -0.495 e. The maximum atomic E-state index is 11.9. The lowest BCUT2D eigenvalue weighted by Gasteiger charge is -2.12. The van der Waals surface area contributed by atoms with E-state index in [2.05, 4.69) is 10.6 Å². The predicted octanol–water partition coefficient (Wildman–Crippen LogP) is 4.17. The molecule has 0 aliphatic heterocycles. The number of halogens is 1. The summed E-state index contributed by atoms with van der Waals surface area (Å²) in [7, 11) is 1.54. The summed E-state index contributed by atoms with van der Waals surface area (Å²) >= 11 is 6.02. The molecule has 0 atom stereocenters. The molecule has 0 aliphatic carbocycles. The molecule has 0 spiro atoms. The van der Waals surface area contributed by atoms with Crippen LogP contribution in [0.2, 0.25) is 5.02 Å². The van der Waals surface area contributed by atoms with E-state index in [1.54, 1.807) is 18.2 Å². The fraction of sp³-hybridized carbons (Fsp3) is 0.278. The standard InChI is InChI=1S/C18H21ClN2O3/c1-12-4-5-13(2)17(10-12)24-9-8-20-18(22)21-14-6-7-16(23-3)15(19)11-14/h4-7,10-11H,8-9H2,1-3H3,(H2,20,21,22). The van der Waals surface area contributed by atoms with Crippen molar-refractivity contribution in [2.75, 3.05) is 25.6 Å². The van der Waals surface area contributed by atoms with Crippen LogP contribution in [0.15, 0.2) is 36.4 Å². The largest absolute Gasteiger partial charge is 0.495 e. The molecule has 0 bridgehead atoms. The molecule has 0 fully saturated rings. The third kappa shape index (κ3) is 5.06. The Labute approximate surface area is 146 Å². The van der Waals surface area contributed by atoms with Gasteiger partial charge in [-0.1, -0.05) is 23.7 Å². The van der Waals surface area contributed by atoms with Gasteiger partial charge < -0.3 is 20.1 Å². The molecular weight excluding hydrogens is 328 g/mol. The number of hydrogen-bond acceptors (Lipinski definition) is 3. The molecule has 5 nitrogen and oxygen atoms in total. The summed E-state index contributed by atoms with van der Waals surface area (Å²) in [4.78, 5) is 11.9. The molecule has 0 saturated carbocycles. The highest BCUT2D eigenvalue weighted by Crippen LogP contribution is 2.27. The number of anilines is 1. The van der Waals surface area contributed by atoms with Gasteiger partial charge >= 0.3 is 6.03 Å². The highest BCUT2D eigenvalue weighted by Gasteiger charge is 2.05. The van der Waals surface area contributed by atoms with E-state index in [4.69, 9.17) is 21.1 Å². The van der Waals surface area contributed by atoms with Gasteiger partial charge in [0.2, 0.25) is 0 Å². The molecule has 0 saturated heterocycles. The zero-order valence-electron chi connectivity index (χ0n) is 14.0. The molecule has 0 radical (unpaired) electrons. The summed E-state index contributed by atoms with van der Waals surface area (Å²) in [6, 6.07) is 10.8. The van der Waals surface area contributed by atoms with Crippen LogP contribution < -0.4 is 20.1 Å². The average Bonchev–Trinajstić information content (AvgIpc) is 2.55. The Morgan fingerprint density at radius 2 is 1.92 bits per heavy atom. The lowest BCUT2D eigenvalue weighted by atomic mass is 10.1. The molecule has 0 unspecified atom stereocenters. The molecule has 2 aromatic carbocycles. The fourth-order valence-electron chi connectivity index (χ4n) is 2.11. The zero-order chi connectivity index (χ0) is 17.5. The number of methoxy groups -OCH3 is 1. The van der Waals surface area contributed by atoms with Crippen molar-refractivity contribution >= 4 is 23.3 Å². The van der Waals surface area contributed by atoms with Gasteiger partial charge in [-0.25, -0.2) is 4.79 Å². The molecule has 128 valence electrons. The molecule has 0 aliphatic rings. The van der Waals surface area contributed by atoms with Gasteiger partial charge in [0.25, 0.3) is 0 Å². The van der Waals surface area contributed by atoms with Gasteiger partial charge in [-0.05, 0) is 49.2 Å². The first-order valence-electron chi connectivity index (χ1n) is 7.58. The summed E-state index contributed by atoms with van der Waals surface area (Å²) in [6.07, 6.45) is 0. The Morgan fingerprint density at radius 3 is 2.62 bits per heavy atom. The zero-order valence-corrected chi connectivity index (χ0v) is 14.7. The van der Waals surface area contributed by atoms with Crippen LogP contribution >= 0.6 is 11.6 Å². The molecule has 0 heterocycles. The molecule has 2 amide bonds. The fourth-order valence-corrected chi connectivity index (χ4v) is 2.37. The van der Waals surface area contributed by atoms with Crippen molar-refractivity contribution in [3.8, 4) is 11.5 Å². The number of aryl methyl sites for hydroxylation is 2. The number of nitrogens with one attached hydrogen (secondary N) is 2. The van der Waals surface area contributed by atoms with E-state index in [-0.39, 0.29) is 6.03 Å². The summed E-state index contributed by atoms with van der Waals surface area (Å²) in [5.74, 6) is 1.39. The Hall–Kier alpha value is -2.40. The quantitative estimate of drug-likeness (QED) is 0.770. The van der Waals surface area contributed by atoms with E-state index in [0.29, 0.717) is 29.6 Å². The highest BCUT2D eigenvalue weighted by molar-refractivity contribution is 6.32. The predicted molar refractivity (Wildman–Crippen MR) is 96.4 cm³/mol. The van der Waals surface area contributed by atoms with Crippen LogP contribution in [0.1, 0.15) is 11.1 Å². The third-order valence-electron chi connectivity index (χ3n) is 3.40. The second kappa shape index (κ2) is 8.45. The topological polar surface area (TPSA) is 59.6 Å². The van der Waals surface area contributed by atoms with Crippen LogP contribution in [0.4, 0.5) is 10.5 Å². The van der Waals surface area contributed by atoms with E-state index in [0.717, 1.165) is 16.9 Å². The average molecular weight is 349 g/mol. The molecule has 6 heteroatoms. The van der Waals surface area contributed by atoms with Crippen molar-refractivity contribution < 1.29 is 14.3 Å². The van der Waals surface area contributed by atoms with Crippen LogP contribution in [-0.2, 0) is 0 Å². The van der Waals surface area contributed by atoms with Crippen LogP contribution in [0.5, 0.6) is 11.5 Å². The van der Waals surface area contributed by atoms with Gasteiger partial charge in [0.15, 0.2) is 0 Å². The first kappa shape index (κ1) is 17.9. The lowest BCUT2D eigenvalue weighted by molar-refractivity contribution is 0.247. The van der Waals surface area contributed by atoms with E-state index in [9.17, 15) is 4.79 Å². The van der Waals surface area contributed by atoms with Crippen LogP contribution in [0.3, 0.4) is 0 Å². The van der Waals surface area contributed by atoms with Crippen molar-refractivity contribution in [2.24, 2.45) is 0 Å². The van der Waals surface area contributed by atoms with Crippen LogP contribution in [0.25, 0.3) is 0 Å². The summed E-state index contributed by atoms with van der Waals surface area (Å²) in [6.45, 7) is 4.78. The van der Waals surface area contributed by atoms with Gasteiger partial charge in [-0.2, -0.15) is 0 Å². The smallest absolute Gasteiger partial charge is 0.319 e. The summed E-state index contributed by atoms with van der Waals surface area (Å²) in [5.41, 5.74) is 2.80. The minimum atomic E-state index is -0.319. The second-order valence-corrected chi connectivity index (χ2v) is 5.75. The number of rotatable bonds is 6. The first-order valence-corrected chi connectivity index (χ1v) is 7.96. The molecular formula is C18H21ClN2O3. The van der Waals surface area contributed by atoms with Gasteiger partial charge in [0, 0.05) is 5.69 Å². The van der Waals surface area contributed by atoms with E-state index in [1.807, 2.05) is 32.0 Å². The number of ether oxygens (including phenoxy) is 2. The van der Waals surface area contributed by atoms with Crippen LogP contribution in [-0.4, -0.2) is 26.3 Å². The van der Waals surface area contributed by atoms with E-state index < -0.39 is 0 Å². The van der Waals surface area contributed by atoms with Crippen molar-refractivity contribution in [1.82, 2.24) is 5.32 Å². The maximum absolute atomic E-state index is 11.9. The van der Waals surface area contributed by atoms with Crippen molar-refractivity contribution in [3.05, 3.63) is 52.5 Å². The third-order valence-corrected chi connectivity index (χ3v) is 3.69. The van der Waals surface area contributed by atoms with Gasteiger partial charge in [0.05, 0.1) is 18.7 Å². The van der Waals surface area contributed by atoms with Crippen molar-refractivity contribution in [2.45, 2.75) is 13.8 Å². The van der Waals surface area contributed by atoms with E-state index >= 15 is 0 Å². The number of urea groups is 1. The second-order valence-electron chi connectivity index (χ2n) is 5.35. The molecule has 24 heavy (non-hydrogen) atoms. The number of amides is 2. The number of benzene rings is 2. The van der Waals surface area contributed by atoms with Gasteiger partial charge in [-0.15, -0.1) is 0 Å². The van der Waals surface area contributed by atoms with Crippen molar-refractivity contribution in [1.29, 1.82) is 0 Å². The Kier molecular flexibility index (Phi) is 6.32. The normalized spacial score (nSPS) is 10.2. The van der Waals surface area contributed by atoms with Crippen LogP contribution in [0, 0.1) is 13.8 Å². The molecule has 2 aromatic rings. The Bertz CT molecular complexity index is 719. The summed E-state index contributed by atoms with van der Waals surface area (Å²) < 4.78 is 10.8. The van der Waals surface area contributed by atoms with E-state index in [1.165, 1.54) is 7.11 Å². The number of carbonyl (C=O) groups is 1. The molecule has 2 rings (SSSR count). The maximum Gasteiger partial charge on any atom is 0.319 e. The first-order chi connectivity index (χ1) is 11.5. The Morgan fingerprint density at radius 1 is 1.12 bits per heavy atom. The number of hydrogen-bond donors (Lipinski definition) is 2. The molecule has 0 aromatic heterocycles.